The third-order valence-corrected chi connectivity index (χ3v) is 5.01. The Labute approximate surface area is 149 Å². The molecule has 1 saturated heterocycles. The van der Waals surface area contributed by atoms with Crippen molar-refractivity contribution in [3.63, 3.8) is 0 Å². The smallest absolute Gasteiger partial charge is 0.253 e. The van der Waals surface area contributed by atoms with E-state index in [1.165, 1.54) is 0 Å². The number of carbonyl (C=O) groups is 1. The number of benzene rings is 2. The van der Waals surface area contributed by atoms with Crippen LogP contribution in [0.3, 0.4) is 0 Å². The van der Waals surface area contributed by atoms with Gasteiger partial charge in [0.15, 0.2) is 0 Å². The molecular weight excluding hydrogens is 376 g/mol. The third kappa shape index (κ3) is 4.06. The van der Waals surface area contributed by atoms with Crippen molar-refractivity contribution in [1.29, 1.82) is 0 Å². The van der Waals surface area contributed by atoms with Crippen LogP contribution in [0.2, 0.25) is 5.02 Å². The Hall–Kier alpha value is -1.52. The largest absolute Gasteiger partial charge is 0.381 e. The molecule has 1 N–H and O–H groups in total. The van der Waals surface area contributed by atoms with Crippen molar-refractivity contribution in [3.05, 3.63) is 63.6 Å². The number of nitrogens with one attached hydrogen (secondary N) is 1. The van der Waals surface area contributed by atoms with Crippen LogP contribution in [0, 0.1) is 0 Å². The Balaban J connectivity index is 1.58. The average molecular weight is 394 g/mol. The minimum atomic E-state index is 0.0619. The molecule has 0 atom stereocenters. The highest BCUT2D eigenvalue weighted by Gasteiger charge is 2.23. The van der Waals surface area contributed by atoms with Gasteiger partial charge in [-0.1, -0.05) is 29.8 Å². The molecule has 0 spiro atoms. The molecular formula is C18H18BrClN2O. The van der Waals surface area contributed by atoms with Crippen LogP contribution in [0.1, 0.15) is 23.2 Å². The minimum Gasteiger partial charge on any atom is -0.381 e. The number of halogens is 2. The van der Waals surface area contributed by atoms with Gasteiger partial charge in [-0.25, -0.2) is 0 Å². The Morgan fingerprint density at radius 2 is 1.87 bits per heavy atom. The summed E-state index contributed by atoms with van der Waals surface area (Å²) in [5.74, 6) is 0.0619. The molecule has 1 amide bonds. The van der Waals surface area contributed by atoms with Gasteiger partial charge in [0.1, 0.15) is 0 Å². The van der Waals surface area contributed by atoms with Gasteiger partial charge >= 0.3 is 0 Å². The molecule has 0 aliphatic carbocycles. The number of hydrogen-bond acceptors (Lipinski definition) is 2. The van der Waals surface area contributed by atoms with E-state index in [1.54, 1.807) is 12.1 Å². The highest BCUT2D eigenvalue weighted by molar-refractivity contribution is 9.10. The van der Waals surface area contributed by atoms with Crippen molar-refractivity contribution in [3.8, 4) is 0 Å². The lowest BCUT2D eigenvalue weighted by Gasteiger charge is -2.33. The summed E-state index contributed by atoms with van der Waals surface area (Å²) in [7, 11) is 0. The standard InChI is InChI=1S/C18H18BrClN2O/c19-16-6-1-2-7-17(16)21-15-8-10-22(11-9-15)18(23)13-4-3-5-14(20)12-13/h1-7,12,15,21H,8-11H2. The minimum absolute atomic E-state index is 0.0619. The fourth-order valence-electron chi connectivity index (χ4n) is 2.83. The molecule has 5 heteroatoms. The lowest BCUT2D eigenvalue weighted by Crippen LogP contribution is -2.42. The number of amides is 1. The molecule has 120 valence electrons. The van der Waals surface area contributed by atoms with E-state index in [2.05, 4.69) is 27.3 Å². The first-order valence-electron chi connectivity index (χ1n) is 7.69. The van der Waals surface area contributed by atoms with Gasteiger partial charge in [0.2, 0.25) is 0 Å². The number of rotatable bonds is 3. The molecule has 3 nitrogen and oxygen atoms in total. The SMILES string of the molecule is O=C(c1cccc(Cl)c1)N1CCC(Nc2ccccc2Br)CC1. The molecule has 0 aromatic heterocycles. The Morgan fingerprint density at radius 1 is 1.13 bits per heavy atom. The van der Waals surface area contributed by atoms with E-state index < -0.39 is 0 Å². The summed E-state index contributed by atoms with van der Waals surface area (Å²) in [4.78, 5) is 14.4. The van der Waals surface area contributed by atoms with Crippen LogP contribution in [0.4, 0.5) is 5.69 Å². The molecule has 1 heterocycles. The second-order valence-electron chi connectivity index (χ2n) is 5.70. The fourth-order valence-corrected chi connectivity index (χ4v) is 3.42. The molecule has 23 heavy (non-hydrogen) atoms. The van der Waals surface area contributed by atoms with E-state index in [4.69, 9.17) is 11.6 Å². The molecule has 2 aromatic rings. The summed E-state index contributed by atoms with van der Waals surface area (Å²) < 4.78 is 1.07. The number of para-hydroxylation sites is 1. The summed E-state index contributed by atoms with van der Waals surface area (Å²) in [6.45, 7) is 1.51. The lowest BCUT2D eigenvalue weighted by atomic mass is 10.0. The van der Waals surface area contributed by atoms with Gasteiger partial charge < -0.3 is 10.2 Å². The molecule has 0 bridgehead atoms. The van der Waals surface area contributed by atoms with E-state index in [0.29, 0.717) is 16.6 Å². The first-order valence-corrected chi connectivity index (χ1v) is 8.86. The number of likely N-dealkylation sites (tertiary alicyclic amines) is 1. The van der Waals surface area contributed by atoms with E-state index in [-0.39, 0.29) is 5.91 Å². The van der Waals surface area contributed by atoms with Crippen molar-refractivity contribution in [1.82, 2.24) is 4.90 Å². The highest BCUT2D eigenvalue weighted by atomic mass is 79.9. The van der Waals surface area contributed by atoms with Crippen LogP contribution in [-0.2, 0) is 0 Å². The van der Waals surface area contributed by atoms with Crippen molar-refractivity contribution < 1.29 is 4.79 Å². The van der Waals surface area contributed by atoms with E-state index in [9.17, 15) is 4.79 Å². The van der Waals surface area contributed by atoms with Crippen LogP contribution < -0.4 is 5.32 Å². The number of nitrogens with zero attached hydrogens (tertiary/aromatic N) is 1. The van der Waals surface area contributed by atoms with Gasteiger partial charge in [-0.3, -0.25) is 4.79 Å². The van der Waals surface area contributed by atoms with Crippen LogP contribution in [-0.4, -0.2) is 29.9 Å². The van der Waals surface area contributed by atoms with Gasteiger partial charge in [-0.05, 0) is 59.1 Å². The van der Waals surface area contributed by atoms with Crippen molar-refractivity contribution in [2.45, 2.75) is 18.9 Å². The summed E-state index contributed by atoms with van der Waals surface area (Å²) >= 11 is 9.53. The molecule has 0 unspecified atom stereocenters. The zero-order chi connectivity index (χ0) is 16.2. The van der Waals surface area contributed by atoms with Crippen molar-refractivity contribution in [2.24, 2.45) is 0 Å². The number of anilines is 1. The second kappa shape index (κ2) is 7.37. The lowest BCUT2D eigenvalue weighted by molar-refractivity contribution is 0.0718. The normalized spacial score (nSPS) is 15.5. The second-order valence-corrected chi connectivity index (χ2v) is 6.99. The number of piperidine rings is 1. The molecule has 1 fully saturated rings. The predicted octanol–water partition coefficient (Wildman–Crippen LogP) is 4.82. The monoisotopic (exact) mass is 392 g/mol. The zero-order valence-electron chi connectivity index (χ0n) is 12.6. The van der Waals surface area contributed by atoms with Gasteiger partial charge in [0.05, 0.1) is 0 Å². The van der Waals surface area contributed by atoms with Gasteiger partial charge in [0.25, 0.3) is 5.91 Å². The van der Waals surface area contributed by atoms with Crippen molar-refractivity contribution >= 4 is 39.1 Å². The quantitative estimate of drug-likeness (QED) is 0.811. The Bertz CT molecular complexity index is 699. The first kappa shape index (κ1) is 16.3. The fraction of sp³-hybridized carbons (Fsp3) is 0.278. The summed E-state index contributed by atoms with van der Waals surface area (Å²) in [5, 5.41) is 4.15. The highest BCUT2D eigenvalue weighted by Crippen LogP contribution is 2.25. The third-order valence-electron chi connectivity index (χ3n) is 4.09. The zero-order valence-corrected chi connectivity index (χ0v) is 15.0. The van der Waals surface area contributed by atoms with E-state index in [1.807, 2.05) is 35.2 Å². The number of hydrogen-bond donors (Lipinski definition) is 1. The molecule has 0 saturated carbocycles. The average Bonchev–Trinajstić information content (AvgIpc) is 2.57. The van der Waals surface area contributed by atoms with Crippen molar-refractivity contribution in [2.75, 3.05) is 18.4 Å². The molecule has 1 aliphatic heterocycles. The van der Waals surface area contributed by atoms with Crippen LogP contribution >= 0.6 is 27.5 Å². The first-order chi connectivity index (χ1) is 11.1. The molecule has 0 radical (unpaired) electrons. The van der Waals surface area contributed by atoms with E-state index >= 15 is 0 Å². The van der Waals surface area contributed by atoms with Crippen LogP contribution in [0.25, 0.3) is 0 Å². The molecule has 1 aliphatic rings. The number of carbonyl (C=O) groups excluding carboxylic acids is 1. The Morgan fingerprint density at radius 3 is 2.57 bits per heavy atom. The van der Waals surface area contributed by atoms with Crippen LogP contribution in [0.15, 0.2) is 53.0 Å². The maximum Gasteiger partial charge on any atom is 0.253 e. The maximum absolute atomic E-state index is 12.5. The van der Waals surface area contributed by atoms with E-state index in [0.717, 1.165) is 36.1 Å². The van der Waals surface area contributed by atoms with Gasteiger partial charge in [-0.2, -0.15) is 0 Å². The molecule has 2 aromatic carbocycles. The van der Waals surface area contributed by atoms with Gasteiger partial charge in [-0.15, -0.1) is 0 Å². The van der Waals surface area contributed by atoms with Gasteiger partial charge in [0, 0.05) is 39.9 Å². The molecule has 3 rings (SSSR count). The summed E-state index contributed by atoms with van der Waals surface area (Å²) in [6, 6.07) is 15.6. The predicted molar refractivity (Wildman–Crippen MR) is 98.1 cm³/mol. The summed E-state index contributed by atoms with van der Waals surface area (Å²) in [6.07, 6.45) is 1.88. The maximum atomic E-state index is 12.5. The topological polar surface area (TPSA) is 32.3 Å². The Kier molecular flexibility index (Phi) is 5.23. The summed E-state index contributed by atoms with van der Waals surface area (Å²) in [5.41, 5.74) is 1.77. The van der Waals surface area contributed by atoms with Crippen LogP contribution in [0.5, 0.6) is 0 Å².